The predicted octanol–water partition coefficient (Wildman–Crippen LogP) is 3.89. The topological polar surface area (TPSA) is 46.6 Å². The second-order valence-electron chi connectivity index (χ2n) is 5.19. The van der Waals surface area contributed by atoms with Crippen LogP contribution in [0.1, 0.15) is 17.2 Å². The smallest absolute Gasteiger partial charge is 0.416 e. The van der Waals surface area contributed by atoms with Crippen LogP contribution in [0, 0.1) is 0 Å². The first-order valence-corrected chi connectivity index (χ1v) is 8.36. The van der Waals surface area contributed by atoms with E-state index in [4.69, 9.17) is 4.74 Å². The molecule has 118 valence electrons. The molecule has 3 rings (SSSR count). The van der Waals surface area contributed by atoms with Crippen LogP contribution in [0.3, 0.4) is 0 Å². The molecule has 1 aliphatic heterocycles. The number of ether oxygens (including phenoxy) is 1. The molecular weight excluding hydrogens is 310 g/mol. The number of cyclic esters (lactones) is 1. The molecule has 1 heterocycles. The summed E-state index contributed by atoms with van der Waals surface area (Å²) >= 11 is 1.63. The van der Waals surface area contributed by atoms with Gasteiger partial charge in [-0.1, -0.05) is 48.5 Å². The summed E-state index contributed by atoms with van der Waals surface area (Å²) in [5, 5.41) is -0.0421. The van der Waals surface area contributed by atoms with E-state index >= 15 is 0 Å². The summed E-state index contributed by atoms with van der Waals surface area (Å²) in [5.74, 6) is -0.190. The van der Waals surface area contributed by atoms with E-state index in [0.29, 0.717) is 6.54 Å². The summed E-state index contributed by atoms with van der Waals surface area (Å²) in [5.41, 5.74) is 1.07. The second kappa shape index (κ2) is 7.33. The van der Waals surface area contributed by atoms with Crippen LogP contribution in [0.25, 0.3) is 0 Å². The lowest BCUT2D eigenvalue weighted by Crippen LogP contribution is -2.32. The van der Waals surface area contributed by atoms with Crippen LogP contribution >= 0.6 is 11.8 Å². The van der Waals surface area contributed by atoms with Crippen LogP contribution in [0.4, 0.5) is 4.79 Å². The highest BCUT2D eigenvalue weighted by Gasteiger charge is 2.30. The normalized spacial score (nSPS) is 15.3. The fourth-order valence-electron chi connectivity index (χ4n) is 2.45. The molecule has 0 aromatic heterocycles. The zero-order valence-electron chi connectivity index (χ0n) is 12.6. The van der Waals surface area contributed by atoms with Crippen molar-refractivity contribution in [3.63, 3.8) is 0 Å². The number of thioether (sulfide) groups is 1. The molecule has 23 heavy (non-hydrogen) atoms. The van der Waals surface area contributed by atoms with Gasteiger partial charge in [0.25, 0.3) is 0 Å². The van der Waals surface area contributed by atoms with Crippen LogP contribution in [-0.2, 0) is 9.53 Å². The molecule has 1 aliphatic rings. The highest BCUT2D eigenvalue weighted by Crippen LogP contribution is 2.38. The van der Waals surface area contributed by atoms with Crippen molar-refractivity contribution in [2.75, 3.05) is 13.2 Å². The molecule has 4 nitrogen and oxygen atoms in total. The Morgan fingerprint density at radius 3 is 2.35 bits per heavy atom. The third-order valence-corrected chi connectivity index (χ3v) is 4.88. The van der Waals surface area contributed by atoms with Crippen molar-refractivity contribution in [1.82, 2.24) is 4.90 Å². The van der Waals surface area contributed by atoms with Gasteiger partial charge in [0, 0.05) is 16.6 Å². The summed E-state index contributed by atoms with van der Waals surface area (Å²) in [6, 6.07) is 19.9. The summed E-state index contributed by atoms with van der Waals surface area (Å²) in [4.78, 5) is 26.3. The van der Waals surface area contributed by atoms with Crippen LogP contribution in [-0.4, -0.2) is 30.1 Å². The minimum absolute atomic E-state index is 0.0421. The molecule has 1 unspecified atom stereocenters. The van der Waals surface area contributed by atoms with Crippen molar-refractivity contribution in [3.05, 3.63) is 66.2 Å². The van der Waals surface area contributed by atoms with Crippen molar-refractivity contribution < 1.29 is 14.3 Å². The van der Waals surface area contributed by atoms with Gasteiger partial charge >= 0.3 is 6.09 Å². The monoisotopic (exact) mass is 327 g/mol. The fourth-order valence-corrected chi connectivity index (χ4v) is 3.61. The molecule has 2 amide bonds. The van der Waals surface area contributed by atoms with Gasteiger partial charge in [-0.2, -0.15) is 0 Å². The van der Waals surface area contributed by atoms with E-state index in [1.54, 1.807) is 11.8 Å². The molecular formula is C18H17NO3S. The summed E-state index contributed by atoms with van der Waals surface area (Å²) in [6.07, 6.45) is -0.273. The Labute approximate surface area is 139 Å². The largest absolute Gasteiger partial charge is 0.447 e. The van der Waals surface area contributed by atoms with Crippen LogP contribution < -0.4 is 0 Å². The van der Waals surface area contributed by atoms with E-state index in [1.165, 1.54) is 4.90 Å². The molecule has 2 aromatic carbocycles. The Bertz CT molecular complexity index is 675. The highest BCUT2D eigenvalue weighted by atomic mass is 32.2. The number of rotatable bonds is 5. The molecule has 2 aromatic rings. The number of imide groups is 1. The van der Waals surface area contributed by atoms with Gasteiger partial charge in [0.1, 0.15) is 6.61 Å². The molecule has 1 fully saturated rings. The summed E-state index contributed by atoms with van der Waals surface area (Å²) < 4.78 is 4.85. The molecule has 1 atom stereocenters. The molecule has 0 saturated carbocycles. The molecule has 5 heteroatoms. The van der Waals surface area contributed by atoms with Gasteiger partial charge in [0.2, 0.25) is 5.91 Å². The SMILES string of the molecule is O=C(CC(Sc1ccccc1)c1ccccc1)N1CCOC1=O. The molecule has 0 spiro atoms. The van der Waals surface area contributed by atoms with E-state index in [1.807, 2.05) is 60.7 Å². The van der Waals surface area contributed by atoms with Crippen molar-refractivity contribution in [2.45, 2.75) is 16.6 Å². The first-order valence-electron chi connectivity index (χ1n) is 7.48. The van der Waals surface area contributed by atoms with Crippen molar-refractivity contribution in [2.24, 2.45) is 0 Å². The maximum absolute atomic E-state index is 12.4. The van der Waals surface area contributed by atoms with Gasteiger partial charge < -0.3 is 4.74 Å². The van der Waals surface area contributed by atoms with E-state index in [9.17, 15) is 9.59 Å². The highest BCUT2D eigenvalue weighted by molar-refractivity contribution is 7.99. The predicted molar refractivity (Wildman–Crippen MR) is 89.2 cm³/mol. The quantitative estimate of drug-likeness (QED) is 0.782. The standard InChI is InChI=1S/C18H17NO3S/c20-17(19-11-12-22-18(19)21)13-16(14-7-3-1-4-8-14)23-15-9-5-2-6-10-15/h1-10,16H,11-13H2. The number of amides is 2. The number of hydrogen-bond donors (Lipinski definition) is 0. The van der Waals surface area contributed by atoms with Crippen LogP contribution in [0.5, 0.6) is 0 Å². The van der Waals surface area contributed by atoms with E-state index in [-0.39, 0.29) is 24.2 Å². The third kappa shape index (κ3) is 3.93. The third-order valence-electron chi connectivity index (χ3n) is 3.61. The second-order valence-corrected chi connectivity index (χ2v) is 6.47. The average Bonchev–Trinajstić information content (AvgIpc) is 3.02. The number of hydrogen-bond acceptors (Lipinski definition) is 4. The minimum Gasteiger partial charge on any atom is -0.447 e. The lowest BCUT2D eigenvalue weighted by Gasteiger charge is -2.19. The first-order chi connectivity index (χ1) is 11.2. The maximum atomic E-state index is 12.4. The molecule has 0 N–H and O–H groups in total. The Hall–Kier alpha value is -2.27. The van der Waals surface area contributed by atoms with Gasteiger partial charge in [0.15, 0.2) is 0 Å². The van der Waals surface area contributed by atoms with Gasteiger partial charge in [0.05, 0.1) is 6.54 Å². The lowest BCUT2D eigenvalue weighted by atomic mass is 10.1. The fraction of sp³-hybridized carbons (Fsp3) is 0.222. The lowest BCUT2D eigenvalue weighted by molar-refractivity contribution is -0.127. The minimum atomic E-state index is -0.536. The summed E-state index contributed by atoms with van der Waals surface area (Å²) in [6.45, 7) is 0.627. The zero-order chi connectivity index (χ0) is 16.1. The van der Waals surface area contributed by atoms with Gasteiger partial charge in [-0.05, 0) is 17.7 Å². The van der Waals surface area contributed by atoms with Gasteiger partial charge in [-0.3, -0.25) is 4.79 Å². The first kappa shape index (κ1) is 15.6. The van der Waals surface area contributed by atoms with Crippen LogP contribution in [0.15, 0.2) is 65.6 Å². The van der Waals surface area contributed by atoms with E-state index in [0.717, 1.165) is 10.5 Å². The average molecular weight is 327 g/mol. The van der Waals surface area contributed by atoms with Crippen molar-refractivity contribution in [1.29, 1.82) is 0 Å². The van der Waals surface area contributed by atoms with Gasteiger partial charge in [-0.25, -0.2) is 9.69 Å². The Morgan fingerprint density at radius 1 is 1.09 bits per heavy atom. The van der Waals surface area contributed by atoms with E-state index in [2.05, 4.69) is 0 Å². The number of benzene rings is 2. The molecule has 0 bridgehead atoms. The molecule has 0 aliphatic carbocycles. The molecule has 0 radical (unpaired) electrons. The zero-order valence-corrected chi connectivity index (χ0v) is 13.4. The number of nitrogens with zero attached hydrogens (tertiary/aromatic N) is 1. The molecule has 1 saturated heterocycles. The Balaban J connectivity index is 1.78. The van der Waals surface area contributed by atoms with Crippen molar-refractivity contribution in [3.8, 4) is 0 Å². The van der Waals surface area contributed by atoms with Gasteiger partial charge in [-0.15, -0.1) is 11.8 Å². The van der Waals surface area contributed by atoms with Crippen molar-refractivity contribution >= 4 is 23.8 Å². The maximum Gasteiger partial charge on any atom is 0.416 e. The Morgan fingerprint density at radius 2 is 1.74 bits per heavy atom. The Kier molecular flexibility index (Phi) is 4.98. The van der Waals surface area contributed by atoms with E-state index < -0.39 is 6.09 Å². The van der Waals surface area contributed by atoms with Crippen LogP contribution in [0.2, 0.25) is 0 Å². The number of carbonyl (C=O) groups is 2. The number of carbonyl (C=O) groups excluding carboxylic acids is 2. The summed E-state index contributed by atoms with van der Waals surface area (Å²) in [7, 11) is 0.